The van der Waals surface area contributed by atoms with Crippen molar-refractivity contribution in [2.24, 2.45) is 5.41 Å². The second-order valence-corrected chi connectivity index (χ2v) is 9.66. The summed E-state index contributed by atoms with van der Waals surface area (Å²) in [5.74, 6) is -1.13. The van der Waals surface area contributed by atoms with Gasteiger partial charge in [0.2, 0.25) is 5.91 Å². The Morgan fingerprint density at radius 1 is 0.971 bits per heavy atom. The van der Waals surface area contributed by atoms with E-state index in [1.165, 1.54) is 16.0 Å². The number of likely N-dealkylation sites (tertiary alicyclic amines) is 1. The summed E-state index contributed by atoms with van der Waals surface area (Å²) in [5, 5.41) is 12.4. The Labute approximate surface area is 199 Å². The Kier molecular flexibility index (Phi) is 6.02. The third-order valence-electron chi connectivity index (χ3n) is 7.73. The van der Waals surface area contributed by atoms with Crippen LogP contribution in [-0.4, -0.2) is 53.7 Å². The van der Waals surface area contributed by atoms with Gasteiger partial charge < -0.3 is 20.1 Å². The summed E-state index contributed by atoms with van der Waals surface area (Å²) in [5.41, 5.74) is 3.90. The molecule has 1 atom stereocenters. The number of fused-ring (bicyclic) bond motifs is 3. The molecular weight excluding hydrogens is 432 g/mol. The highest BCUT2D eigenvalue weighted by molar-refractivity contribution is 5.89. The van der Waals surface area contributed by atoms with Crippen LogP contribution in [0, 0.1) is 5.41 Å². The number of benzene rings is 2. The molecule has 2 aliphatic carbocycles. The number of amides is 2. The van der Waals surface area contributed by atoms with Gasteiger partial charge in [0.05, 0.1) is 5.41 Å². The molecule has 2 amide bonds. The van der Waals surface area contributed by atoms with Gasteiger partial charge in [-0.25, -0.2) is 9.59 Å². The van der Waals surface area contributed by atoms with Gasteiger partial charge in [0.15, 0.2) is 0 Å². The lowest BCUT2D eigenvalue weighted by atomic mass is 9.67. The van der Waals surface area contributed by atoms with Gasteiger partial charge in [-0.3, -0.25) is 4.79 Å². The first-order valence-electron chi connectivity index (χ1n) is 12.1. The predicted octanol–water partition coefficient (Wildman–Crippen LogP) is 4.16. The van der Waals surface area contributed by atoms with Crippen LogP contribution in [0.1, 0.15) is 55.6 Å². The molecule has 34 heavy (non-hydrogen) atoms. The highest BCUT2D eigenvalue weighted by Gasteiger charge is 2.49. The average Bonchev–Trinajstić information content (AvgIpc) is 3.15. The number of rotatable bonds is 6. The van der Waals surface area contributed by atoms with E-state index < -0.39 is 23.5 Å². The van der Waals surface area contributed by atoms with E-state index in [1.54, 1.807) is 0 Å². The minimum atomic E-state index is -0.952. The molecule has 2 aromatic carbocycles. The van der Waals surface area contributed by atoms with E-state index >= 15 is 0 Å². The van der Waals surface area contributed by atoms with Crippen LogP contribution in [0.3, 0.4) is 0 Å². The van der Waals surface area contributed by atoms with Crippen molar-refractivity contribution in [3.05, 3.63) is 59.7 Å². The Morgan fingerprint density at radius 3 is 2.21 bits per heavy atom. The van der Waals surface area contributed by atoms with Crippen molar-refractivity contribution in [1.82, 2.24) is 10.2 Å². The normalized spacial score (nSPS) is 20.6. The summed E-state index contributed by atoms with van der Waals surface area (Å²) in [7, 11) is 0. The molecule has 7 nitrogen and oxygen atoms in total. The number of aliphatic carboxylic acids is 1. The maximum atomic E-state index is 13.3. The SMILES string of the molecule is O=C(NCC1(C(=O)N2CCCC[C@@H]2C(=O)O)CCC1)OCC1c2ccccc2-c2ccccc21. The van der Waals surface area contributed by atoms with Gasteiger partial charge in [0.1, 0.15) is 12.6 Å². The van der Waals surface area contributed by atoms with Gasteiger partial charge in [0.25, 0.3) is 0 Å². The zero-order chi connectivity index (χ0) is 23.7. The predicted molar refractivity (Wildman–Crippen MR) is 126 cm³/mol. The van der Waals surface area contributed by atoms with E-state index in [2.05, 4.69) is 29.6 Å². The molecule has 0 radical (unpaired) electrons. The minimum absolute atomic E-state index is 0.0258. The Balaban J connectivity index is 1.22. The first kappa shape index (κ1) is 22.4. The number of nitrogens with zero attached hydrogens (tertiary/aromatic N) is 1. The van der Waals surface area contributed by atoms with Crippen molar-refractivity contribution in [1.29, 1.82) is 0 Å². The van der Waals surface area contributed by atoms with Crippen LogP contribution in [0.4, 0.5) is 4.79 Å². The molecule has 0 spiro atoms. The lowest BCUT2D eigenvalue weighted by molar-refractivity contribution is -0.160. The first-order valence-corrected chi connectivity index (χ1v) is 12.1. The summed E-state index contributed by atoms with van der Waals surface area (Å²) in [6, 6.07) is 15.6. The molecule has 0 aromatic heterocycles. The van der Waals surface area contributed by atoms with Crippen LogP contribution in [0.5, 0.6) is 0 Å². The standard InChI is InChI=1S/C27H30N2O5/c30-24(31)23-12-5-6-15-29(23)25(32)27(13-7-14-27)17-28-26(33)34-16-22-20-10-3-1-8-18(20)19-9-2-4-11-21(19)22/h1-4,8-11,22-23H,5-7,12-17H2,(H,28,33)(H,30,31)/t23-/m1/s1. The van der Waals surface area contributed by atoms with Crippen LogP contribution in [0.2, 0.25) is 0 Å². The van der Waals surface area contributed by atoms with Gasteiger partial charge in [-0.2, -0.15) is 0 Å². The smallest absolute Gasteiger partial charge is 0.407 e. The van der Waals surface area contributed by atoms with Crippen LogP contribution < -0.4 is 5.32 Å². The molecule has 1 heterocycles. The van der Waals surface area contributed by atoms with Gasteiger partial charge in [-0.05, 0) is 54.4 Å². The molecule has 1 aliphatic heterocycles. The van der Waals surface area contributed by atoms with Gasteiger partial charge in [-0.1, -0.05) is 55.0 Å². The topological polar surface area (TPSA) is 95.9 Å². The van der Waals surface area contributed by atoms with E-state index in [0.29, 0.717) is 25.8 Å². The van der Waals surface area contributed by atoms with Crippen LogP contribution in [-0.2, 0) is 14.3 Å². The lowest BCUT2D eigenvalue weighted by Gasteiger charge is -2.46. The molecule has 2 aromatic rings. The van der Waals surface area contributed by atoms with Crippen molar-refractivity contribution < 1.29 is 24.2 Å². The number of hydrogen-bond donors (Lipinski definition) is 2. The average molecular weight is 463 g/mol. The number of ether oxygens (including phenoxy) is 1. The van der Waals surface area contributed by atoms with Crippen molar-refractivity contribution in [3.63, 3.8) is 0 Å². The van der Waals surface area contributed by atoms with Crippen LogP contribution in [0.15, 0.2) is 48.5 Å². The number of nitrogens with one attached hydrogen (secondary N) is 1. The zero-order valence-corrected chi connectivity index (χ0v) is 19.2. The summed E-state index contributed by atoms with van der Waals surface area (Å²) in [6.07, 6.45) is 3.75. The fraction of sp³-hybridized carbons (Fsp3) is 0.444. The quantitative estimate of drug-likeness (QED) is 0.672. The summed E-state index contributed by atoms with van der Waals surface area (Å²) in [6.45, 7) is 0.849. The van der Waals surface area contributed by atoms with E-state index in [9.17, 15) is 19.5 Å². The molecule has 0 bridgehead atoms. The molecule has 1 saturated carbocycles. The number of hydrogen-bond acceptors (Lipinski definition) is 4. The van der Waals surface area contributed by atoms with Crippen molar-refractivity contribution in [3.8, 4) is 11.1 Å². The third-order valence-corrected chi connectivity index (χ3v) is 7.73. The summed E-state index contributed by atoms with van der Waals surface area (Å²) >= 11 is 0. The van der Waals surface area contributed by atoms with Crippen molar-refractivity contribution in [2.45, 2.75) is 50.5 Å². The second-order valence-electron chi connectivity index (χ2n) is 9.66. The zero-order valence-electron chi connectivity index (χ0n) is 19.2. The molecule has 2 fully saturated rings. The molecule has 1 saturated heterocycles. The Bertz CT molecular complexity index is 1060. The largest absolute Gasteiger partial charge is 0.480 e. The maximum Gasteiger partial charge on any atom is 0.407 e. The summed E-state index contributed by atoms with van der Waals surface area (Å²) in [4.78, 5) is 39.2. The second kappa shape index (κ2) is 9.12. The Hall–Kier alpha value is -3.35. The molecule has 5 rings (SSSR count). The van der Waals surface area contributed by atoms with E-state index in [4.69, 9.17) is 4.74 Å². The van der Waals surface area contributed by atoms with E-state index in [0.717, 1.165) is 30.4 Å². The number of carbonyl (C=O) groups excluding carboxylic acids is 2. The highest BCUT2D eigenvalue weighted by atomic mass is 16.5. The van der Waals surface area contributed by atoms with Crippen molar-refractivity contribution >= 4 is 18.0 Å². The van der Waals surface area contributed by atoms with Gasteiger partial charge >= 0.3 is 12.1 Å². The van der Waals surface area contributed by atoms with Crippen molar-refractivity contribution in [2.75, 3.05) is 19.7 Å². The Morgan fingerprint density at radius 2 is 1.62 bits per heavy atom. The lowest BCUT2D eigenvalue weighted by Crippen LogP contribution is -2.58. The fourth-order valence-electron chi connectivity index (χ4n) is 5.70. The fourth-order valence-corrected chi connectivity index (χ4v) is 5.70. The minimum Gasteiger partial charge on any atom is -0.480 e. The molecular formula is C27H30N2O5. The first-order chi connectivity index (χ1) is 16.5. The number of carbonyl (C=O) groups is 3. The van der Waals surface area contributed by atoms with Gasteiger partial charge in [0, 0.05) is 19.0 Å². The monoisotopic (exact) mass is 462 g/mol. The number of carboxylic acid groups (broad SMARTS) is 1. The number of alkyl carbamates (subject to hydrolysis) is 1. The van der Waals surface area contributed by atoms with Crippen LogP contribution >= 0.6 is 0 Å². The highest BCUT2D eigenvalue weighted by Crippen LogP contribution is 2.45. The van der Waals surface area contributed by atoms with Gasteiger partial charge in [-0.15, -0.1) is 0 Å². The maximum absolute atomic E-state index is 13.3. The van der Waals surface area contributed by atoms with E-state index in [-0.39, 0.29) is 25.0 Å². The van der Waals surface area contributed by atoms with Crippen LogP contribution in [0.25, 0.3) is 11.1 Å². The molecule has 3 aliphatic rings. The summed E-state index contributed by atoms with van der Waals surface area (Å²) < 4.78 is 5.62. The molecule has 2 N–H and O–H groups in total. The number of piperidine rings is 1. The number of carboxylic acids is 1. The molecule has 178 valence electrons. The van der Waals surface area contributed by atoms with E-state index in [1.807, 2.05) is 24.3 Å². The molecule has 7 heteroatoms. The third kappa shape index (κ3) is 3.93. The molecule has 0 unspecified atom stereocenters.